The van der Waals surface area contributed by atoms with Crippen molar-refractivity contribution in [3.05, 3.63) is 64.2 Å². The number of carbonyl (C=O) groups excluding carboxylic acids is 1. The number of aromatic nitrogens is 1. The van der Waals surface area contributed by atoms with E-state index in [0.29, 0.717) is 16.1 Å². The second-order valence-electron chi connectivity index (χ2n) is 5.82. The number of halogens is 1. The Kier molecular flexibility index (Phi) is 5.48. The highest BCUT2D eigenvalue weighted by atomic mass is 35.5. The summed E-state index contributed by atoms with van der Waals surface area (Å²) >= 11 is 7.39. The second kappa shape index (κ2) is 7.77. The van der Waals surface area contributed by atoms with Crippen molar-refractivity contribution >= 4 is 39.5 Å². The van der Waals surface area contributed by atoms with Crippen molar-refractivity contribution in [2.24, 2.45) is 5.92 Å². The van der Waals surface area contributed by atoms with E-state index in [2.05, 4.69) is 35.5 Å². The third kappa shape index (κ3) is 4.34. The van der Waals surface area contributed by atoms with Gasteiger partial charge in [0.1, 0.15) is 0 Å². The van der Waals surface area contributed by atoms with E-state index in [9.17, 15) is 4.79 Å². The van der Waals surface area contributed by atoms with Crippen molar-refractivity contribution in [1.29, 1.82) is 0 Å². The van der Waals surface area contributed by atoms with Gasteiger partial charge in [-0.2, -0.15) is 0 Å². The van der Waals surface area contributed by atoms with E-state index in [0.717, 1.165) is 29.7 Å². The third-order valence-corrected chi connectivity index (χ3v) is 5.01. The summed E-state index contributed by atoms with van der Waals surface area (Å²) < 4.78 is 0. The van der Waals surface area contributed by atoms with Crippen LogP contribution in [0.1, 0.15) is 31.0 Å². The van der Waals surface area contributed by atoms with Gasteiger partial charge in [-0.15, -0.1) is 11.3 Å². The monoisotopic (exact) mass is 358 g/mol. The summed E-state index contributed by atoms with van der Waals surface area (Å²) in [7, 11) is 0. The lowest BCUT2D eigenvalue weighted by Crippen LogP contribution is -2.14. The van der Waals surface area contributed by atoms with Crippen LogP contribution in [0.2, 0.25) is 5.02 Å². The Morgan fingerprint density at radius 1 is 1.46 bits per heavy atom. The van der Waals surface area contributed by atoms with E-state index >= 15 is 0 Å². The molecule has 1 atom stereocenters. The molecule has 0 bridgehead atoms. The Bertz CT molecular complexity index is 794. The summed E-state index contributed by atoms with van der Waals surface area (Å²) in [6.45, 7) is 2.20. The van der Waals surface area contributed by atoms with Gasteiger partial charge in [0.2, 0.25) is 5.91 Å². The summed E-state index contributed by atoms with van der Waals surface area (Å²) in [6, 6.07) is 7.33. The topological polar surface area (TPSA) is 42.0 Å². The maximum Gasteiger partial charge on any atom is 0.230 e. The zero-order valence-corrected chi connectivity index (χ0v) is 15.0. The number of anilines is 1. The highest BCUT2D eigenvalue weighted by Gasteiger charge is 2.12. The lowest BCUT2D eigenvalue weighted by atomic mass is 9.94. The van der Waals surface area contributed by atoms with Crippen molar-refractivity contribution in [2.75, 3.05) is 5.32 Å². The van der Waals surface area contributed by atoms with Crippen molar-refractivity contribution in [3.8, 4) is 0 Å². The summed E-state index contributed by atoms with van der Waals surface area (Å²) in [4.78, 5) is 16.7. The molecule has 3 nitrogen and oxygen atoms in total. The van der Waals surface area contributed by atoms with Crippen LogP contribution < -0.4 is 5.32 Å². The molecule has 1 N–H and O–H groups in total. The number of thiazole rings is 1. The first-order valence-electron chi connectivity index (χ1n) is 8.02. The van der Waals surface area contributed by atoms with Crippen LogP contribution >= 0.6 is 22.9 Å². The van der Waals surface area contributed by atoms with Gasteiger partial charge in [0.05, 0.1) is 12.1 Å². The van der Waals surface area contributed by atoms with Gasteiger partial charge in [-0.3, -0.25) is 4.79 Å². The standard InChI is InChI=1S/C19H19ClN2OS/c1-2-13-6-8-15(9-7-13)17-12-24-19(21-17)22-18(23)11-14-4-3-5-16(20)10-14/h3-6,8-10,12-13H,2,7,11H2,1H3,(H,21,22,23). The molecular formula is C19H19ClN2OS. The minimum atomic E-state index is -0.0858. The van der Waals surface area contributed by atoms with Gasteiger partial charge in [0.25, 0.3) is 0 Å². The normalized spacial score (nSPS) is 16.8. The SMILES string of the molecule is CCC1C=CC(c2csc(NC(=O)Cc3cccc(Cl)c3)n2)=CC1. The van der Waals surface area contributed by atoms with Crippen molar-refractivity contribution in [3.63, 3.8) is 0 Å². The predicted molar refractivity (Wildman–Crippen MR) is 101 cm³/mol. The molecule has 0 fully saturated rings. The van der Waals surface area contributed by atoms with Crippen LogP contribution in [-0.4, -0.2) is 10.9 Å². The van der Waals surface area contributed by atoms with Gasteiger partial charge in [-0.25, -0.2) is 4.98 Å². The number of hydrogen-bond acceptors (Lipinski definition) is 3. The minimum absolute atomic E-state index is 0.0858. The van der Waals surface area contributed by atoms with Gasteiger partial charge in [-0.05, 0) is 42.0 Å². The maximum absolute atomic E-state index is 12.1. The fourth-order valence-corrected chi connectivity index (χ4v) is 3.57. The Hall–Kier alpha value is -1.91. The van der Waals surface area contributed by atoms with E-state index in [-0.39, 0.29) is 12.3 Å². The molecule has 24 heavy (non-hydrogen) atoms. The number of rotatable bonds is 5. The molecule has 1 amide bonds. The number of carbonyl (C=O) groups is 1. The van der Waals surface area contributed by atoms with E-state index in [1.54, 1.807) is 12.1 Å². The van der Waals surface area contributed by atoms with E-state index < -0.39 is 0 Å². The van der Waals surface area contributed by atoms with E-state index in [1.807, 2.05) is 17.5 Å². The average Bonchev–Trinajstić information content (AvgIpc) is 3.03. The average molecular weight is 359 g/mol. The van der Waals surface area contributed by atoms with Crippen LogP contribution in [0.25, 0.3) is 5.57 Å². The number of hydrogen-bond donors (Lipinski definition) is 1. The largest absolute Gasteiger partial charge is 0.302 e. The minimum Gasteiger partial charge on any atom is -0.302 e. The lowest BCUT2D eigenvalue weighted by Gasteiger charge is -2.12. The Morgan fingerprint density at radius 2 is 2.33 bits per heavy atom. The molecule has 1 heterocycles. The molecule has 3 rings (SSSR count). The summed E-state index contributed by atoms with van der Waals surface area (Å²) in [5.41, 5.74) is 2.94. The number of allylic oxidation sites excluding steroid dienone is 4. The molecule has 0 aliphatic heterocycles. The molecule has 1 unspecified atom stereocenters. The zero-order valence-electron chi connectivity index (χ0n) is 13.5. The molecule has 1 aliphatic rings. The fourth-order valence-electron chi connectivity index (χ4n) is 2.62. The lowest BCUT2D eigenvalue weighted by molar-refractivity contribution is -0.115. The molecule has 124 valence electrons. The molecule has 1 aromatic carbocycles. The maximum atomic E-state index is 12.1. The molecule has 0 saturated heterocycles. The summed E-state index contributed by atoms with van der Waals surface area (Å²) in [5.74, 6) is 0.543. The first-order valence-corrected chi connectivity index (χ1v) is 9.28. The molecule has 1 aromatic heterocycles. The van der Waals surface area contributed by atoms with Crippen LogP contribution in [0.15, 0.2) is 47.9 Å². The number of nitrogens with one attached hydrogen (secondary N) is 1. The Morgan fingerprint density at radius 3 is 3.04 bits per heavy atom. The van der Waals surface area contributed by atoms with Crippen molar-refractivity contribution in [1.82, 2.24) is 4.98 Å². The van der Waals surface area contributed by atoms with Crippen LogP contribution in [0, 0.1) is 5.92 Å². The van der Waals surface area contributed by atoms with Crippen molar-refractivity contribution < 1.29 is 4.79 Å². The number of benzene rings is 1. The van der Waals surface area contributed by atoms with Gasteiger partial charge in [0.15, 0.2) is 5.13 Å². The van der Waals surface area contributed by atoms with Gasteiger partial charge in [-0.1, -0.05) is 48.9 Å². The van der Waals surface area contributed by atoms with Crippen LogP contribution in [0.5, 0.6) is 0 Å². The fraction of sp³-hybridized carbons (Fsp3) is 0.263. The van der Waals surface area contributed by atoms with Crippen molar-refractivity contribution in [2.45, 2.75) is 26.2 Å². The molecule has 0 spiro atoms. The highest BCUT2D eigenvalue weighted by molar-refractivity contribution is 7.14. The second-order valence-corrected chi connectivity index (χ2v) is 7.11. The number of nitrogens with zero attached hydrogens (tertiary/aromatic N) is 1. The smallest absolute Gasteiger partial charge is 0.230 e. The van der Waals surface area contributed by atoms with E-state index in [1.165, 1.54) is 11.3 Å². The van der Waals surface area contributed by atoms with Gasteiger partial charge >= 0.3 is 0 Å². The molecule has 2 aromatic rings. The number of amides is 1. The highest BCUT2D eigenvalue weighted by Crippen LogP contribution is 2.28. The van der Waals surface area contributed by atoms with Crippen LogP contribution in [-0.2, 0) is 11.2 Å². The predicted octanol–water partition coefficient (Wildman–Crippen LogP) is 5.35. The van der Waals surface area contributed by atoms with E-state index in [4.69, 9.17) is 11.6 Å². The summed E-state index contributed by atoms with van der Waals surface area (Å²) in [5, 5.41) is 6.11. The molecular weight excluding hydrogens is 340 g/mol. The first-order chi connectivity index (χ1) is 11.6. The Labute approximate surface area is 151 Å². The quantitative estimate of drug-likeness (QED) is 0.783. The third-order valence-electron chi connectivity index (χ3n) is 4.01. The molecule has 0 saturated carbocycles. The molecule has 1 aliphatic carbocycles. The zero-order chi connectivity index (χ0) is 16.9. The molecule has 0 radical (unpaired) electrons. The van der Waals surface area contributed by atoms with Crippen LogP contribution in [0.4, 0.5) is 5.13 Å². The first kappa shape index (κ1) is 16.9. The van der Waals surface area contributed by atoms with Gasteiger partial charge < -0.3 is 5.32 Å². The molecule has 5 heteroatoms. The Balaban J connectivity index is 1.61. The summed E-state index contributed by atoms with van der Waals surface area (Å²) in [6.07, 6.45) is 9.09. The van der Waals surface area contributed by atoms with Crippen LogP contribution in [0.3, 0.4) is 0 Å². The van der Waals surface area contributed by atoms with Gasteiger partial charge in [0, 0.05) is 10.4 Å².